The first-order valence-electron chi connectivity index (χ1n) is 10.8. The maximum Gasteiger partial charge on any atom is 0.265 e. The molecule has 0 N–H and O–H groups in total. The molecule has 0 radical (unpaired) electrons. The first-order valence-corrected chi connectivity index (χ1v) is 10.8. The van der Waals surface area contributed by atoms with Crippen LogP contribution in [0.15, 0.2) is 53.3 Å². The van der Waals surface area contributed by atoms with Gasteiger partial charge in [-0.1, -0.05) is 49.6 Å². The van der Waals surface area contributed by atoms with Crippen molar-refractivity contribution in [3.63, 3.8) is 0 Å². The topological polar surface area (TPSA) is 65.6 Å². The van der Waals surface area contributed by atoms with E-state index in [2.05, 4.69) is 26.0 Å². The van der Waals surface area contributed by atoms with Crippen molar-refractivity contribution in [2.24, 2.45) is 0 Å². The zero-order valence-corrected chi connectivity index (χ0v) is 18.1. The summed E-state index contributed by atoms with van der Waals surface area (Å²) in [5.41, 5.74) is 5.50. The first kappa shape index (κ1) is 19.4. The van der Waals surface area contributed by atoms with Crippen LogP contribution in [0.1, 0.15) is 37.6 Å². The van der Waals surface area contributed by atoms with Gasteiger partial charge in [-0.3, -0.25) is 13.9 Å². The van der Waals surface area contributed by atoms with Crippen molar-refractivity contribution >= 4 is 33.2 Å². The molecule has 0 amide bonds. The summed E-state index contributed by atoms with van der Waals surface area (Å²) in [7, 11) is 0. The SMILES string of the molecule is CCCCCn1c(C)nc2c(c1=O)c1nc3ccccc3nc1n2-c1ccc(C)cc1. The molecule has 3 aromatic heterocycles. The molecule has 0 unspecified atom stereocenters. The molecule has 0 spiro atoms. The standard InChI is InChI=1S/C25H25N5O/c1-4-5-8-15-29-17(3)26-23-21(25(29)31)22-24(28-20-10-7-6-9-19(20)27-22)30(23)18-13-11-16(2)12-14-18/h6-7,9-14H,4-5,8,15H2,1-3H3. The van der Waals surface area contributed by atoms with Gasteiger partial charge in [0.1, 0.15) is 16.7 Å². The van der Waals surface area contributed by atoms with Gasteiger partial charge >= 0.3 is 0 Å². The highest BCUT2D eigenvalue weighted by molar-refractivity contribution is 6.05. The Labute approximate surface area is 180 Å². The molecule has 0 bridgehead atoms. The Morgan fingerprint density at radius 2 is 1.55 bits per heavy atom. The van der Waals surface area contributed by atoms with E-state index in [0.29, 0.717) is 34.6 Å². The molecule has 6 heteroatoms. The summed E-state index contributed by atoms with van der Waals surface area (Å²) in [5, 5.41) is 0.538. The highest BCUT2D eigenvalue weighted by Crippen LogP contribution is 2.28. The lowest BCUT2D eigenvalue weighted by atomic mass is 10.2. The van der Waals surface area contributed by atoms with Gasteiger partial charge in [0, 0.05) is 12.2 Å². The van der Waals surface area contributed by atoms with Crippen molar-refractivity contribution in [1.29, 1.82) is 0 Å². The fraction of sp³-hybridized carbons (Fsp3) is 0.280. The average Bonchev–Trinajstić information content (AvgIpc) is 3.08. The van der Waals surface area contributed by atoms with E-state index in [1.54, 1.807) is 4.57 Å². The summed E-state index contributed by atoms with van der Waals surface area (Å²) in [4.78, 5) is 28.3. The number of hydrogen-bond donors (Lipinski definition) is 0. The Kier molecular flexibility index (Phi) is 4.77. The van der Waals surface area contributed by atoms with Crippen molar-refractivity contribution in [2.45, 2.75) is 46.6 Å². The summed E-state index contributed by atoms with van der Waals surface area (Å²) in [6.07, 6.45) is 3.14. The highest BCUT2D eigenvalue weighted by Gasteiger charge is 2.22. The van der Waals surface area contributed by atoms with Crippen LogP contribution in [0, 0.1) is 13.8 Å². The molecule has 0 saturated heterocycles. The molecule has 156 valence electrons. The number of fused-ring (bicyclic) bond motifs is 4. The minimum absolute atomic E-state index is 0.0426. The third-order valence-electron chi connectivity index (χ3n) is 5.83. The van der Waals surface area contributed by atoms with Crippen molar-refractivity contribution < 1.29 is 0 Å². The molecule has 0 fully saturated rings. The summed E-state index contributed by atoms with van der Waals surface area (Å²) >= 11 is 0. The molecule has 31 heavy (non-hydrogen) atoms. The number of hydrogen-bond acceptors (Lipinski definition) is 4. The summed E-state index contributed by atoms with van der Waals surface area (Å²) in [6.45, 7) is 6.79. The van der Waals surface area contributed by atoms with Crippen molar-refractivity contribution in [3.8, 4) is 5.69 Å². The summed E-state index contributed by atoms with van der Waals surface area (Å²) in [5.74, 6) is 0.717. The molecule has 6 nitrogen and oxygen atoms in total. The van der Waals surface area contributed by atoms with Crippen molar-refractivity contribution in [1.82, 2.24) is 24.1 Å². The predicted molar refractivity (Wildman–Crippen MR) is 125 cm³/mol. The number of aromatic nitrogens is 5. The zero-order chi connectivity index (χ0) is 21.5. The van der Waals surface area contributed by atoms with E-state index < -0.39 is 0 Å². The lowest BCUT2D eigenvalue weighted by Crippen LogP contribution is -2.24. The summed E-state index contributed by atoms with van der Waals surface area (Å²) in [6, 6.07) is 15.9. The van der Waals surface area contributed by atoms with Crippen LogP contribution in [0.25, 0.3) is 38.9 Å². The molecular formula is C25H25N5O. The number of rotatable bonds is 5. The van der Waals surface area contributed by atoms with E-state index in [0.717, 1.165) is 36.0 Å². The number of nitrogens with zero attached hydrogens (tertiary/aromatic N) is 5. The van der Waals surface area contributed by atoms with Crippen molar-refractivity contribution in [2.75, 3.05) is 0 Å². The van der Waals surface area contributed by atoms with E-state index >= 15 is 0 Å². The minimum atomic E-state index is -0.0426. The first-order chi connectivity index (χ1) is 15.1. The maximum atomic E-state index is 13.6. The van der Waals surface area contributed by atoms with Crippen LogP contribution < -0.4 is 5.56 Å². The van der Waals surface area contributed by atoms with Gasteiger partial charge in [0.25, 0.3) is 5.56 Å². The van der Waals surface area contributed by atoms with Gasteiger partial charge in [0.2, 0.25) is 0 Å². The Balaban J connectivity index is 1.90. The predicted octanol–water partition coefficient (Wildman–Crippen LogP) is 5.09. The van der Waals surface area contributed by atoms with Crippen LogP contribution in [0.3, 0.4) is 0 Å². The van der Waals surface area contributed by atoms with Gasteiger partial charge in [0.05, 0.1) is 11.0 Å². The fourth-order valence-corrected chi connectivity index (χ4v) is 4.15. The quantitative estimate of drug-likeness (QED) is 0.378. The molecule has 0 saturated carbocycles. The van der Waals surface area contributed by atoms with Gasteiger partial charge < -0.3 is 0 Å². The lowest BCUT2D eigenvalue weighted by Gasteiger charge is -2.11. The molecule has 0 atom stereocenters. The highest BCUT2D eigenvalue weighted by atomic mass is 16.1. The van der Waals surface area contributed by atoms with Crippen molar-refractivity contribution in [3.05, 3.63) is 70.3 Å². The fourth-order valence-electron chi connectivity index (χ4n) is 4.15. The molecule has 0 aliphatic heterocycles. The van der Waals surface area contributed by atoms with E-state index in [4.69, 9.17) is 15.0 Å². The van der Waals surface area contributed by atoms with Gasteiger partial charge in [-0.15, -0.1) is 0 Å². The lowest BCUT2D eigenvalue weighted by molar-refractivity contribution is 0.570. The largest absolute Gasteiger partial charge is 0.296 e. The second kappa shape index (κ2) is 7.61. The number of unbranched alkanes of at least 4 members (excludes halogenated alkanes) is 2. The molecule has 2 aromatic carbocycles. The van der Waals surface area contributed by atoms with Gasteiger partial charge in [-0.25, -0.2) is 15.0 Å². The Hall–Kier alpha value is -3.54. The maximum absolute atomic E-state index is 13.6. The van der Waals surface area contributed by atoms with Gasteiger partial charge in [-0.05, 0) is 44.5 Å². The number of aryl methyl sites for hydroxylation is 2. The molecule has 3 heterocycles. The van der Waals surface area contributed by atoms with Gasteiger partial charge in [-0.2, -0.15) is 0 Å². The van der Waals surface area contributed by atoms with Crippen LogP contribution in [0.2, 0.25) is 0 Å². The summed E-state index contributed by atoms with van der Waals surface area (Å²) < 4.78 is 3.75. The molecule has 0 aliphatic rings. The third kappa shape index (κ3) is 3.19. The third-order valence-corrected chi connectivity index (χ3v) is 5.83. The van der Waals surface area contributed by atoms with E-state index in [9.17, 15) is 4.79 Å². The second-order valence-electron chi connectivity index (χ2n) is 8.08. The molecule has 0 aliphatic carbocycles. The Morgan fingerprint density at radius 1 is 0.839 bits per heavy atom. The average molecular weight is 412 g/mol. The minimum Gasteiger partial charge on any atom is -0.296 e. The number of benzene rings is 2. The van der Waals surface area contributed by atoms with Crippen LogP contribution in [0.4, 0.5) is 0 Å². The number of para-hydroxylation sites is 2. The van der Waals surface area contributed by atoms with Crippen LogP contribution in [-0.4, -0.2) is 24.1 Å². The van der Waals surface area contributed by atoms with E-state index in [-0.39, 0.29) is 5.56 Å². The molecule has 5 rings (SSSR count). The smallest absolute Gasteiger partial charge is 0.265 e. The molecule has 5 aromatic rings. The van der Waals surface area contributed by atoms with Crippen LogP contribution in [-0.2, 0) is 6.54 Å². The zero-order valence-electron chi connectivity index (χ0n) is 18.1. The van der Waals surface area contributed by atoms with Crippen LogP contribution in [0.5, 0.6) is 0 Å². The normalized spacial score (nSPS) is 11.7. The van der Waals surface area contributed by atoms with Gasteiger partial charge in [0.15, 0.2) is 11.3 Å². The monoisotopic (exact) mass is 411 g/mol. The second-order valence-corrected chi connectivity index (χ2v) is 8.08. The van der Waals surface area contributed by atoms with E-state index in [1.165, 1.54) is 5.56 Å². The Morgan fingerprint density at radius 3 is 2.26 bits per heavy atom. The Bertz CT molecular complexity index is 1480. The van der Waals surface area contributed by atoms with E-state index in [1.807, 2.05) is 47.9 Å². The van der Waals surface area contributed by atoms with Crippen LogP contribution >= 0.6 is 0 Å². The molecular weight excluding hydrogens is 386 g/mol.